The monoisotopic (exact) mass is 416 g/mol. The van der Waals surface area contributed by atoms with E-state index in [4.69, 9.17) is 16.9 Å². The van der Waals surface area contributed by atoms with Crippen LogP contribution in [0, 0.1) is 17.2 Å². The number of hydrogen-bond acceptors (Lipinski definition) is 4. The molecule has 2 aromatic carbocycles. The molecule has 1 saturated heterocycles. The summed E-state index contributed by atoms with van der Waals surface area (Å²) < 4.78 is 0. The maximum atomic E-state index is 9.01. The zero-order chi connectivity index (χ0) is 20.9. The molecule has 4 nitrogen and oxygen atoms in total. The fourth-order valence-electron chi connectivity index (χ4n) is 4.33. The van der Waals surface area contributed by atoms with E-state index in [1.54, 1.807) is 6.20 Å². The Kier molecular flexibility index (Phi) is 6.32. The van der Waals surface area contributed by atoms with Gasteiger partial charge in [-0.05, 0) is 41.3 Å². The van der Waals surface area contributed by atoms with Gasteiger partial charge in [-0.25, -0.2) is 4.98 Å². The highest BCUT2D eigenvalue weighted by Crippen LogP contribution is 2.35. The Morgan fingerprint density at radius 2 is 1.83 bits per heavy atom. The molecule has 0 aliphatic carbocycles. The van der Waals surface area contributed by atoms with Gasteiger partial charge >= 0.3 is 0 Å². The summed E-state index contributed by atoms with van der Waals surface area (Å²) in [6.07, 6.45) is 1.64. The quantitative estimate of drug-likeness (QED) is 0.569. The van der Waals surface area contributed by atoms with Crippen LogP contribution in [0.3, 0.4) is 0 Å². The molecule has 0 saturated carbocycles. The maximum absolute atomic E-state index is 9.01. The van der Waals surface area contributed by atoms with Crippen molar-refractivity contribution in [3.05, 3.63) is 94.6 Å². The molecule has 1 aliphatic heterocycles. The van der Waals surface area contributed by atoms with E-state index in [9.17, 15) is 0 Å². The fraction of sp³-hybridized carbons (Fsp3) is 0.280. The zero-order valence-electron chi connectivity index (χ0n) is 17.1. The summed E-state index contributed by atoms with van der Waals surface area (Å²) in [4.78, 5) is 9.20. The molecule has 1 aromatic heterocycles. The molecule has 152 valence electrons. The smallest absolute Gasteiger partial charge is 0.128 e. The van der Waals surface area contributed by atoms with Gasteiger partial charge in [0.1, 0.15) is 11.9 Å². The average molecular weight is 417 g/mol. The predicted molar refractivity (Wildman–Crippen MR) is 122 cm³/mol. The van der Waals surface area contributed by atoms with Crippen molar-refractivity contribution in [1.29, 1.82) is 5.26 Å². The largest absolute Gasteiger partial charge is 0.359 e. The Morgan fingerprint density at radius 1 is 1.07 bits per heavy atom. The van der Waals surface area contributed by atoms with Crippen molar-refractivity contribution in [3.63, 3.8) is 0 Å². The van der Waals surface area contributed by atoms with Gasteiger partial charge in [0.25, 0.3) is 0 Å². The third-order valence-electron chi connectivity index (χ3n) is 5.84. The standard InChI is InChI=1S/C25H25ClN4/c1-29(25-12-7-20(13-27)14-28-25)16-22-17-30(15-19-5-3-2-4-6-19)18-24(22)21-8-10-23(26)11-9-21/h2-12,14,22,24H,15-18H2,1H3/t22-,24+/m0/s1. The lowest BCUT2D eigenvalue weighted by atomic mass is 9.88. The minimum Gasteiger partial charge on any atom is -0.359 e. The summed E-state index contributed by atoms with van der Waals surface area (Å²) in [5.41, 5.74) is 3.26. The van der Waals surface area contributed by atoms with Gasteiger partial charge in [0.05, 0.1) is 5.56 Å². The van der Waals surface area contributed by atoms with Gasteiger partial charge in [0.2, 0.25) is 0 Å². The van der Waals surface area contributed by atoms with E-state index in [-0.39, 0.29) is 0 Å². The molecule has 0 N–H and O–H groups in total. The van der Waals surface area contributed by atoms with Crippen molar-refractivity contribution in [2.45, 2.75) is 12.5 Å². The minimum atomic E-state index is 0.437. The van der Waals surface area contributed by atoms with Crippen molar-refractivity contribution in [2.75, 3.05) is 31.6 Å². The van der Waals surface area contributed by atoms with Gasteiger partial charge in [-0.2, -0.15) is 5.26 Å². The summed E-state index contributed by atoms with van der Waals surface area (Å²) in [5.74, 6) is 1.80. The van der Waals surface area contributed by atoms with E-state index in [1.165, 1.54) is 11.1 Å². The minimum absolute atomic E-state index is 0.437. The Labute approximate surface area is 183 Å². The molecule has 1 fully saturated rings. The van der Waals surface area contributed by atoms with Gasteiger partial charge in [0, 0.05) is 50.4 Å². The third-order valence-corrected chi connectivity index (χ3v) is 6.09. The molecule has 5 heteroatoms. The highest BCUT2D eigenvalue weighted by Gasteiger charge is 2.34. The van der Waals surface area contributed by atoms with Crippen molar-refractivity contribution in [2.24, 2.45) is 5.92 Å². The lowest BCUT2D eigenvalue weighted by molar-refractivity contribution is 0.316. The first-order chi connectivity index (χ1) is 14.6. The van der Waals surface area contributed by atoms with Crippen LogP contribution in [-0.2, 0) is 6.54 Å². The van der Waals surface area contributed by atoms with Crippen LogP contribution in [0.25, 0.3) is 0 Å². The van der Waals surface area contributed by atoms with E-state index >= 15 is 0 Å². The van der Waals surface area contributed by atoms with Gasteiger partial charge in [-0.1, -0.05) is 54.1 Å². The summed E-state index contributed by atoms with van der Waals surface area (Å²) in [7, 11) is 2.08. The topological polar surface area (TPSA) is 43.2 Å². The molecule has 0 radical (unpaired) electrons. The fourth-order valence-corrected chi connectivity index (χ4v) is 4.45. The van der Waals surface area contributed by atoms with Gasteiger partial charge < -0.3 is 4.90 Å². The summed E-state index contributed by atoms with van der Waals surface area (Å²) >= 11 is 6.13. The molecule has 2 heterocycles. The Bertz CT molecular complexity index is 996. The van der Waals surface area contributed by atoms with E-state index in [0.717, 1.165) is 37.0 Å². The number of benzene rings is 2. The number of likely N-dealkylation sites (tertiary alicyclic amines) is 1. The number of aromatic nitrogens is 1. The third kappa shape index (κ3) is 4.81. The van der Waals surface area contributed by atoms with Crippen LogP contribution >= 0.6 is 11.6 Å². The maximum Gasteiger partial charge on any atom is 0.128 e. The number of pyridine rings is 1. The van der Waals surface area contributed by atoms with Crippen LogP contribution in [0.5, 0.6) is 0 Å². The molecule has 0 bridgehead atoms. The molecule has 0 spiro atoms. The van der Waals surface area contributed by atoms with Crippen LogP contribution < -0.4 is 4.90 Å². The molecule has 2 atom stereocenters. The lowest BCUT2D eigenvalue weighted by Gasteiger charge is -2.26. The first-order valence-corrected chi connectivity index (χ1v) is 10.6. The SMILES string of the molecule is CN(C[C@H]1CN(Cc2ccccc2)C[C@@H]1c1ccc(Cl)cc1)c1ccc(C#N)cn1. The predicted octanol–water partition coefficient (Wildman–Crippen LogP) is 4.96. The van der Waals surface area contributed by atoms with Crippen molar-refractivity contribution >= 4 is 17.4 Å². The lowest BCUT2D eigenvalue weighted by Crippen LogP contribution is -2.30. The van der Waals surface area contributed by atoms with Crippen LogP contribution in [0.15, 0.2) is 72.9 Å². The highest BCUT2D eigenvalue weighted by atomic mass is 35.5. The number of nitrogens with zero attached hydrogens (tertiary/aromatic N) is 4. The van der Waals surface area contributed by atoms with Crippen LogP contribution in [0.2, 0.25) is 5.02 Å². The molecule has 0 unspecified atom stereocenters. The number of nitriles is 1. The van der Waals surface area contributed by atoms with Gasteiger partial charge in [0.15, 0.2) is 0 Å². The first-order valence-electron chi connectivity index (χ1n) is 10.2. The zero-order valence-corrected chi connectivity index (χ0v) is 17.8. The second kappa shape index (κ2) is 9.30. The second-order valence-corrected chi connectivity index (χ2v) is 8.43. The molecule has 3 aromatic rings. The van der Waals surface area contributed by atoms with Gasteiger partial charge in [-0.3, -0.25) is 4.90 Å². The van der Waals surface area contributed by atoms with E-state index in [0.29, 0.717) is 17.4 Å². The Hall–Kier alpha value is -2.87. The normalized spacial score (nSPS) is 18.8. The number of rotatable bonds is 6. The van der Waals surface area contributed by atoms with Crippen molar-refractivity contribution in [3.8, 4) is 6.07 Å². The molecular formula is C25H25ClN4. The molecule has 30 heavy (non-hydrogen) atoms. The highest BCUT2D eigenvalue weighted by molar-refractivity contribution is 6.30. The van der Waals surface area contributed by atoms with Crippen LogP contribution in [0.1, 0.15) is 22.6 Å². The summed E-state index contributed by atoms with van der Waals surface area (Å²) in [6.45, 7) is 3.91. The van der Waals surface area contributed by atoms with E-state index in [2.05, 4.69) is 70.4 Å². The molecule has 4 rings (SSSR count). The van der Waals surface area contributed by atoms with E-state index in [1.807, 2.05) is 24.3 Å². The summed E-state index contributed by atoms with van der Waals surface area (Å²) in [6, 6.07) is 24.8. The van der Waals surface area contributed by atoms with Crippen LogP contribution in [-0.4, -0.2) is 36.6 Å². The molecular weight excluding hydrogens is 392 g/mol. The van der Waals surface area contributed by atoms with Crippen LogP contribution in [0.4, 0.5) is 5.82 Å². The van der Waals surface area contributed by atoms with Crippen molar-refractivity contribution < 1.29 is 0 Å². The average Bonchev–Trinajstić information content (AvgIpc) is 3.17. The van der Waals surface area contributed by atoms with E-state index < -0.39 is 0 Å². The number of anilines is 1. The van der Waals surface area contributed by atoms with Crippen molar-refractivity contribution in [1.82, 2.24) is 9.88 Å². The Balaban J connectivity index is 1.52. The molecule has 0 amide bonds. The Morgan fingerprint density at radius 3 is 2.50 bits per heavy atom. The number of hydrogen-bond donors (Lipinski definition) is 0. The summed E-state index contributed by atoms with van der Waals surface area (Å²) in [5, 5.41) is 9.78. The first kappa shape index (κ1) is 20.4. The molecule has 1 aliphatic rings. The second-order valence-electron chi connectivity index (χ2n) is 8.00. The number of halogens is 1. The van der Waals surface area contributed by atoms with Gasteiger partial charge in [-0.15, -0.1) is 0 Å².